The summed E-state index contributed by atoms with van der Waals surface area (Å²) in [4.78, 5) is 18.1. The van der Waals surface area contributed by atoms with Crippen molar-refractivity contribution in [1.29, 1.82) is 0 Å². The van der Waals surface area contributed by atoms with E-state index >= 15 is 0 Å². The maximum absolute atomic E-state index is 5.75. The van der Waals surface area contributed by atoms with E-state index in [1.165, 1.54) is 5.56 Å². The number of nitrogens with zero attached hydrogens (tertiary/aromatic N) is 4. The van der Waals surface area contributed by atoms with Crippen molar-refractivity contribution in [1.82, 2.24) is 15.0 Å². The SMILES string of the molecule is CC(C)Nc1nccc2c1C(c1cc(C3CCCO3)ncn1)=NC2. The number of rotatable bonds is 4. The van der Waals surface area contributed by atoms with Crippen LogP contribution < -0.4 is 5.32 Å². The summed E-state index contributed by atoms with van der Waals surface area (Å²) in [5, 5.41) is 3.41. The summed E-state index contributed by atoms with van der Waals surface area (Å²) in [6, 6.07) is 4.34. The Balaban J connectivity index is 1.72. The highest BCUT2D eigenvalue weighted by molar-refractivity contribution is 6.16. The van der Waals surface area contributed by atoms with Gasteiger partial charge >= 0.3 is 0 Å². The summed E-state index contributed by atoms with van der Waals surface area (Å²) >= 11 is 0. The van der Waals surface area contributed by atoms with E-state index < -0.39 is 0 Å². The fourth-order valence-corrected chi connectivity index (χ4v) is 3.22. The largest absolute Gasteiger partial charge is 0.372 e. The van der Waals surface area contributed by atoms with Gasteiger partial charge in [0.15, 0.2) is 0 Å². The lowest BCUT2D eigenvalue weighted by molar-refractivity contribution is 0.108. The van der Waals surface area contributed by atoms with Crippen LogP contribution in [-0.2, 0) is 11.3 Å². The first-order valence-corrected chi connectivity index (χ1v) is 8.45. The molecule has 2 aliphatic heterocycles. The van der Waals surface area contributed by atoms with Crippen LogP contribution in [0.25, 0.3) is 0 Å². The zero-order chi connectivity index (χ0) is 16.5. The first-order valence-electron chi connectivity index (χ1n) is 8.45. The highest BCUT2D eigenvalue weighted by Gasteiger charge is 2.25. The number of nitrogens with one attached hydrogen (secondary N) is 1. The van der Waals surface area contributed by atoms with Crippen molar-refractivity contribution in [3.8, 4) is 0 Å². The molecule has 124 valence electrons. The molecule has 1 fully saturated rings. The van der Waals surface area contributed by atoms with Crippen molar-refractivity contribution in [3.63, 3.8) is 0 Å². The molecular formula is C18H21N5O. The third kappa shape index (κ3) is 2.78. The maximum atomic E-state index is 5.75. The van der Waals surface area contributed by atoms with Crippen LogP contribution in [0.4, 0.5) is 5.82 Å². The fourth-order valence-electron chi connectivity index (χ4n) is 3.22. The molecule has 2 aromatic heterocycles. The number of fused-ring (bicyclic) bond motifs is 1. The molecule has 0 aliphatic carbocycles. The van der Waals surface area contributed by atoms with Gasteiger partial charge in [0.1, 0.15) is 12.1 Å². The minimum atomic E-state index is 0.0791. The van der Waals surface area contributed by atoms with Gasteiger partial charge in [-0.25, -0.2) is 15.0 Å². The molecule has 2 aliphatic rings. The van der Waals surface area contributed by atoms with Crippen molar-refractivity contribution in [2.75, 3.05) is 11.9 Å². The first kappa shape index (κ1) is 15.2. The van der Waals surface area contributed by atoms with E-state index in [1.807, 2.05) is 18.3 Å². The number of anilines is 1. The lowest BCUT2D eigenvalue weighted by Gasteiger charge is -2.15. The molecule has 0 saturated carbocycles. The Kier molecular flexibility index (Phi) is 3.98. The Morgan fingerprint density at radius 1 is 1.25 bits per heavy atom. The van der Waals surface area contributed by atoms with E-state index in [4.69, 9.17) is 9.73 Å². The number of aromatic nitrogens is 3. The van der Waals surface area contributed by atoms with E-state index in [0.29, 0.717) is 12.6 Å². The van der Waals surface area contributed by atoms with Crippen LogP contribution in [0.2, 0.25) is 0 Å². The predicted molar refractivity (Wildman–Crippen MR) is 92.3 cm³/mol. The Bertz CT molecular complexity index is 781. The number of hydrogen-bond donors (Lipinski definition) is 1. The first-order chi connectivity index (χ1) is 11.7. The quantitative estimate of drug-likeness (QED) is 0.936. The molecule has 1 saturated heterocycles. The van der Waals surface area contributed by atoms with E-state index in [-0.39, 0.29) is 6.10 Å². The number of ether oxygens (including phenoxy) is 1. The molecule has 1 N–H and O–H groups in total. The van der Waals surface area contributed by atoms with Crippen LogP contribution in [0.3, 0.4) is 0 Å². The summed E-state index contributed by atoms with van der Waals surface area (Å²) in [6.45, 7) is 5.68. The van der Waals surface area contributed by atoms with Crippen LogP contribution in [-0.4, -0.2) is 33.3 Å². The average Bonchev–Trinajstić information content (AvgIpc) is 3.25. The number of aliphatic imine (C=N–C) groups is 1. The van der Waals surface area contributed by atoms with Gasteiger partial charge in [-0.2, -0.15) is 0 Å². The maximum Gasteiger partial charge on any atom is 0.136 e. The van der Waals surface area contributed by atoms with E-state index in [2.05, 4.69) is 34.1 Å². The Labute approximate surface area is 141 Å². The van der Waals surface area contributed by atoms with Crippen LogP contribution in [0.15, 0.2) is 29.6 Å². The Morgan fingerprint density at radius 2 is 2.17 bits per heavy atom. The van der Waals surface area contributed by atoms with Crippen molar-refractivity contribution in [3.05, 3.63) is 47.2 Å². The summed E-state index contributed by atoms with van der Waals surface area (Å²) in [7, 11) is 0. The zero-order valence-corrected chi connectivity index (χ0v) is 14.0. The van der Waals surface area contributed by atoms with Crippen LogP contribution in [0.5, 0.6) is 0 Å². The lowest BCUT2D eigenvalue weighted by atomic mass is 10.0. The van der Waals surface area contributed by atoms with Gasteiger partial charge in [0.2, 0.25) is 0 Å². The summed E-state index contributed by atoms with van der Waals surface area (Å²) in [6.07, 6.45) is 5.62. The molecule has 6 nitrogen and oxygen atoms in total. The Morgan fingerprint density at radius 3 is 2.96 bits per heavy atom. The van der Waals surface area contributed by atoms with E-state index in [9.17, 15) is 0 Å². The van der Waals surface area contributed by atoms with E-state index in [1.54, 1.807) is 6.33 Å². The molecule has 0 amide bonds. The smallest absolute Gasteiger partial charge is 0.136 e. The van der Waals surface area contributed by atoms with Crippen molar-refractivity contribution in [2.45, 2.75) is 45.4 Å². The molecule has 4 heterocycles. The number of hydrogen-bond acceptors (Lipinski definition) is 6. The van der Waals surface area contributed by atoms with Crippen molar-refractivity contribution >= 4 is 11.5 Å². The van der Waals surface area contributed by atoms with Gasteiger partial charge in [0, 0.05) is 24.4 Å². The summed E-state index contributed by atoms with van der Waals surface area (Å²) < 4.78 is 5.75. The second-order valence-electron chi connectivity index (χ2n) is 6.49. The van der Waals surface area contributed by atoms with Crippen LogP contribution in [0, 0.1) is 0 Å². The third-order valence-electron chi connectivity index (χ3n) is 4.30. The molecule has 0 spiro atoms. The topological polar surface area (TPSA) is 72.3 Å². The average molecular weight is 323 g/mol. The molecule has 0 bridgehead atoms. The normalized spacial score (nSPS) is 19.5. The third-order valence-corrected chi connectivity index (χ3v) is 4.30. The monoisotopic (exact) mass is 323 g/mol. The highest BCUT2D eigenvalue weighted by Crippen LogP contribution is 2.30. The van der Waals surface area contributed by atoms with Gasteiger partial charge in [-0.15, -0.1) is 0 Å². The minimum Gasteiger partial charge on any atom is -0.372 e. The molecule has 2 aromatic rings. The number of pyridine rings is 1. The zero-order valence-electron chi connectivity index (χ0n) is 14.0. The standard InChI is InChI=1S/C18H21N5O/c1-11(2)23-18-16-12(5-6-19-18)9-20-17(16)14-8-13(21-10-22-14)15-4-3-7-24-15/h5-6,8,10-11,15H,3-4,7,9H2,1-2H3,(H,19,23). The summed E-state index contributed by atoms with van der Waals surface area (Å²) in [5.41, 5.74) is 4.91. The molecule has 1 atom stereocenters. The van der Waals surface area contributed by atoms with Gasteiger partial charge in [-0.05, 0) is 44.4 Å². The van der Waals surface area contributed by atoms with Gasteiger partial charge in [-0.1, -0.05) is 0 Å². The predicted octanol–water partition coefficient (Wildman–Crippen LogP) is 2.89. The molecule has 0 aromatic carbocycles. The Hall–Kier alpha value is -2.34. The van der Waals surface area contributed by atoms with Crippen molar-refractivity contribution in [2.24, 2.45) is 4.99 Å². The van der Waals surface area contributed by atoms with Crippen LogP contribution in [0.1, 0.15) is 55.3 Å². The highest BCUT2D eigenvalue weighted by atomic mass is 16.5. The van der Waals surface area contributed by atoms with Gasteiger partial charge < -0.3 is 10.1 Å². The minimum absolute atomic E-state index is 0.0791. The van der Waals surface area contributed by atoms with Gasteiger partial charge in [-0.3, -0.25) is 4.99 Å². The van der Waals surface area contributed by atoms with Gasteiger partial charge in [0.25, 0.3) is 0 Å². The van der Waals surface area contributed by atoms with Gasteiger partial charge in [0.05, 0.1) is 29.7 Å². The summed E-state index contributed by atoms with van der Waals surface area (Å²) in [5.74, 6) is 0.871. The van der Waals surface area contributed by atoms with Crippen molar-refractivity contribution < 1.29 is 4.74 Å². The lowest BCUT2D eigenvalue weighted by Crippen LogP contribution is -2.16. The van der Waals surface area contributed by atoms with E-state index in [0.717, 1.165) is 47.9 Å². The molecule has 6 heteroatoms. The second kappa shape index (κ2) is 6.28. The molecule has 4 rings (SSSR count). The molecule has 24 heavy (non-hydrogen) atoms. The molecule has 1 unspecified atom stereocenters. The molecule has 0 radical (unpaired) electrons. The van der Waals surface area contributed by atoms with Crippen LogP contribution >= 0.6 is 0 Å². The molecular weight excluding hydrogens is 302 g/mol. The second-order valence-corrected chi connectivity index (χ2v) is 6.49. The fraction of sp³-hybridized carbons (Fsp3) is 0.444.